The maximum Gasteiger partial charge on any atom is 0.322 e. The van der Waals surface area contributed by atoms with Gasteiger partial charge in [-0.2, -0.15) is 0 Å². The second-order valence-corrected chi connectivity index (χ2v) is 5.45. The minimum absolute atomic E-state index is 0.0632. The lowest BCUT2D eigenvalue weighted by Gasteiger charge is -2.17. The van der Waals surface area contributed by atoms with Gasteiger partial charge in [0.05, 0.1) is 12.1 Å². The van der Waals surface area contributed by atoms with Crippen LogP contribution in [0.1, 0.15) is 30.9 Å². The first kappa shape index (κ1) is 14.3. The van der Waals surface area contributed by atoms with Gasteiger partial charge in [0.2, 0.25) is 0 Å². The zero-order valence-electron chi connectivity index (χ0n) is 11.7. The van der Waals surface area contributed by atoms with Crippen LogP contribution in [0.2, 0.25) is 0 Å². The summed E-state index contributed by atoms with van der Waals surface area (Å²) in [7, 11) is 0. The van der Waals surface area contributed by atoms with Crippen LogP contribution in [0.15, 0.2) is 24.3 Å². The van der Waals surface area contributed by atoms with Crippen molar-refractivity contribution in [2.24, 2.45) is 0 Å². The molecular formula is C15H20N2O4. The van der Waals surface area contributed by atoms with Crippen molar-refractivity contribution in [3.05, 3.63) is 29.8 Å². The van der Waals surface area contributed by atoms with Crippen LogP contribution in [0, 0.1) is 0 Å². The molecule has 6 nitrogen and oxygen atoms in total. The normalized spacial score (nSPS) is 28.7. The molecule has 0 amide bonds. The summed E-state index contributed by atoms with van der Waals surface area (Å²) in [6, 6.07) is 7.11. The zero-order valence-corrected chi connectivity index (χ0v) is 11.7. The van der Waals surface area contributed by atoms with E-state index in [0.29, 0.717) is 13.0 Å². The van der Waals surface area contributed by atoms with E-state index in [1.807, 2.05) is 24.3 Å². The Balaban J connectivity index is 1.66. The number of rotatable bonds is 5. The molecule has 1 aromatic carbocycles. The maximum absolute atomic E-state index is 11.0. The highest BCUT2D eigenvalue weighted by atomic mass is 16.5. The van der Waals surface area contributed by atoms with Gasteiger partial charge in [-0.05, 0) is 25.3 Å². The molecule has 3 rings (SSSR count). The number of nitrogens with one attached hydrogen (secondary N) is 2. The van der Waals surface area contributed by atoms with Gasteiger partial charge in [-0.3, -0.25) is 4.79 Å². The van der Waals surface area contributed by atoms with Crippen molar-refractivity contribution in [1.82, 2.24) is 10.9 Å². The third-order valence-electron chi connectivity index (χ3n) is 3.94. The van der Waals surface area contributed by atoms with E-state index in [2.05, 4.69) is 10.9 Å². The van der Waals surface area contributed by atoms with Crippen molar-refractivity contribution >= 4 is 5.97 Å². The van der Waals surface area contributed by atoms with Crippen LogP contribution in [0.5, 0.6) is 5.75 Å². The molecule has 21 heavy (non-hydrogen) atoms. The van der Waals surface area contributed by atoms with Crippen molar-refractivity contribution in [3.8, 4) is 5.75 Å². The average molecular weight is 292 g/mol. The molecule has 0 radical (unpaired) electrons. The Bertz CT molecular complexity index is 502. The van der Waals surface area contributed by atoms with Crippen LogP contribution in [0.4, 0.5) is 0 Å². The van der Waals surface area contributed by atoms with Crippen molar-refractivity contribution in [1.29, 1.82) is 0 Å². The fourth-order valence-corrected chi connectivity index (χ4v) is 2.78. The summed E-state index contributed by atoms with van der Waals surface area (Å²) < 4.78 is 11.4. The van der Waals surface area contributed by atoms with Crippen LogP contribution < -0.4 is 15.6 Å². The van der Waals surface area contributed by atoms with Crippen molar-refractivity contribution in [3.63, 3.8) is 0 Å². The highest BCUT2D eigenvalue weighted by molar-refractivity contribution is 5.73. The first-order valence-corrected chi connectivity index (χ1v) is 7.31. The molecule has 0 aliphatic carbocycles. The lowest BCUT2D eigenvalue weighted by molar-refractivity contribution is -0.139. The molecule has 3 atom stereocenters. The lowest BCUT2D eigenvalue weighted by Crippen LogP contribution is -2.36. The second kappa shape index (κ2) is 6.43. The van der Waals surface area contributed by atoms with Crippen LogP contribution in [-0.4, -0.2) is 36.4 Å². The topological polar surface area (TPSA) is 79.8 Å². The van der Waals surface area contributed by atoms with E-state index in [1.165, 1.54) is 0 Å². The highest BCUT2D eigenvalue weighted by Crippen LogP contribution is 2.30. The van der Waals surface area contributed by atoms with Gasteiger partial charge in [0.1, 0.15) is 18.4 Å². The maximum atomic E-state index is 11.0. The van der Waals surface area contributed by atoms with E-state index in [0.717, 1.165) is 30.8 Å². The van der Waals surface area contributed by atoms with E-state index >= 15 is 0 Å². The molecule has 6 heteroatoms. The summed E-state index contributed by atoms with van der Waals surface area (Å²) in [6.45, 7) is 1.35. The Labute approximate surface area is 123 Å². The average Bonchev–Trinajstić information content (AvgIpc) is 3.17. The molecule has 3 N–H and O–H groups in total. The molecule has 0 spiro atoms. The van der Waals surface area contributed by atoms with Crippen LogP contribution >= 0.6 is 0 Å². The SMILES string of the molecule is O=C(O)C1CC(c2ccccc2OCC2CCCO2)NN1. The fourth-order valence-electron chi connectivity index (χ4n) is 2.78. The molecule has 3 unspecified atom stereocenters. The molecule has 2 fully saturated rings. The van der Waals surface area contributed by atoms with Crippen molar-refractivity contribution in [2.45, 2.75) is 37.5 Å². The molecule has 0 aromatic heterocycles. The van der Waals surface area contributed by atoms with Crippen molar-refractivity contribution < 1.29 is 19.4 Å². The number of aliphatic carboxylic acids is 1. The summed E-state index contributed by atoms with van der Waals surface area (Å²) in [5.41, 5.74) is 6.81. The van der Waals surface area contributed by atoms with Gasteiger partial charge in [0.15, 0.2) is 0 Å². The third kappa shape index (κ3) is 3.34. The van der Waals surface area contributed by atoms with Gasteiger partial charge in [0, 0.05) is 12.2 Å². The van der Waals surface area contributed by atoms with Gasteiger partial charge in [-0.15, -0.1) is 0 Å². The number of hydrazine groups is 1. The van der Waals surface area contributed by atoms with Crippen LogP contribution in [0.25, 0.3) is 0 Å². The Hall–Kier alpha value is -1.63. The summed E-state index contributed by atoms with van der Waals surface area (Å²) in [4.78, 5) is 11.0. The Morgan fingerprint density at radius 1 is 1.38 bits per heavy atom. The first-order valence-electron chi connectivity index (χ1n) is 7.31. The molecule has 2 aliphatic rings. The predicted molar refractivity (Wildman–Crippen MR) is 76.0 cm³/mol. The Morgan fingerprint density at radius 2 is 2.24 bits per heavy atom. The number of hydrogen-bond acceptors (Lipinski definition) is 5. The molecule has 0 bridgehead atoms. The molecule has 0 saturated carbocycles. The van der Waals surface area contributed by atoms with Crippen LogP contribution in [-0.2, 0) is 9.53 Å². The van der Waals surface area contributed by atoms with E-state index < -0.39 is 12.0 Å². The van der Waals surface area contributed by atoms with Gasteiger partial charge in [0.25, 0.3) is 0 Å². The van der Waals surface area contributed by atoms with Gasteiger partial charge in [-0.25, -0.2) is 10.9 Å². The summed E-state index contributed by atoms with van der Waals surface area (Å²) in [6.07, 6.45) is 2.78. The number of hydrogen-bond donors (Lipinski definition) is 3. The third-order valence-corrected chi connectivity index (χ3v) is 3.94. The second-order valence-electron chi connectivity index (χ2n) is 5.45. The minimum atomic E-state index is -0.845. The zero-order chi connectivity index (χ0) is 14.7. The van der Waals surface area contributed by atoms with E-state index in [1.54, 1.807) is 0 Å². The van der Waals surface area contributed by atoms with E-state index in [4.69, 9.17) is 14.6 Å². The number of carboxylic acids is 1. The largest absolute Gasteiger partial charge is 0.491 e. The fraction of sp³-hybridized carbons (Fsp3) is 0.533. The lowest BCUT2D eigenvalue weighted by atomic mass is 10.0. The Kier molecular flexibility index (Phi) is 4.38. The van der Waals surface area contributed by atoms with Crippen molar-refractivity contribution in [2.75, 3.05) is 13.2 Å². The summed E-state index contributed by atoms with van der Waals surface area (Å²) in [5, 5.41) is 9.04. The van der Waals surface area contributed by atoms with Gasteiger partial charge in [-0.1, -0.05) is 18.2 Å². The molecule has 2 heterocycles. The molecule has 2 saturated heterocycles. The van der Waals surface area contributed by atoms with E-state index in [-0.39, 0.29) is 12.1 Å². The quantitative estimate of drug-likeness (QED) is 0.757. The Morgan fingerprint density at radius 3 is 2.95 bits per heavy atom. The minimum Gasteiger partial charge on any atom is -0.491 e. The number of carboxylic acid groups (broad SMARTS) is 1. The summed E-state index contributed by atoms with van der Waals surface area (Å²) in [5.74, 6) is -0.0545. The molecule has 114 valence electrons. The predicted octanol–water partition coefficient (Wildman–Crippen LogP) is 1.24. The first-order chi connectivity index (χ1) is 10.2. The monoisotopic (exact) mass is 292 g/mol. The molecule has 2 aliphatic heterocycles. The van der Waals surface area contributed by atoms with Gasteiger partial charge < -0.3 is 14.6 Å². The number of para-hydroxylation sites is 1. The smallest absolute Gasteiger partial charge is 0.322 e. The van der Waals surface area contributed by atoms with E-state index in [9.17, 15) is 4.79 Å². The summed E-state index contributed by atoms with van der Waals surface area (Å²) >= 11 is 0. The van der Waals surface area contributed by atoms with Gasteiger partial charge >= 0.3 is 5.97 Å². The number of benzene rings is 1. The molecular weight excluding hydrogens is 272 g/mol. The highest BCUT2D eigenvalue weighted by Gasteiger charge is 2.31. The number of carbonyl (C=O) groups is 1. The standard InChI is InChI=1S/C15H20N2O4/c18-15(19)13-8-12(16-17-13)11-5-1-2-6-14(11)21-9-10-4-3-7-20-10/h1-2,5-6,10,12-13,16-17H,3-4,7-9H2,(H,18,19). The van der Waals surface area contributed by atoms with Crippen LogP contribution in [0.3, 0.4) is 0 Å². The molecule has 1 aromatic rings. The number of ether oxygens (including phenoxy) is 2.